The van der Waals surface area contributed by atoms with Crippen LogP contribution in [0.25, 0.3) is 0 Å². The summed E-state index contributed by atoms with van der Waals surface area (Å²) < 4.78 is 0. The summed E-state index contributed by atoms with van der Waals surface area (Å²) in [6.45, 7) is -0.260. The third kappa shape index (κ3) is 5.62. The minimum Gasteiger partial charge on any atom is -0.395 e. The van der Waals surface area contributed by atoms with Gasteiger partial charge >= 0.3 is 0 Å². The first-order valence-corrected chi connectivity index (χ1v) is 4.41. The summed E-state index contributed by atoms with van der Waals surface area (Å²) in [6, 6.07) is -1.30. The second-order valence-electron chi connectivity index (χ2n) is 2.57. The first-order valence-electron chi connectivity index (χ1n) is 3.78. The molecule has 75 valence electrons. The Bertz CT molecular complexity index is 177. The lowest BCUT2D eigenvalue weighted by Crippen LogP contribution is -2.41. The number of nitrogens with one attached hydrogen (secondary N) is 1. The quantitative estimate of drug-likeness (QED) is 0.386. The summed E-state index contributed by atoms with van der Waals surface area (Å²) in [4.78, 5) is 21.2. The first-order chi connectivity index (χ1) is 6.13. The van der Waals surface area contributed by atoms with E-state index in [1.807, 2.05) is 0 Å². The van der Waals surface area contributed by atoms with Crippen LogP contribution in [0.1, 0.15) is 6.42 Å². The highest BCUT2D eigenvalue weighted by atomic mass is 32.1. The second-order valence-corrected chi connectivity index (χ2v) is 2.93. The van der Waals surface area contributed by atoms with Gasteiger partial charge in [0.15, 0.2) is 0 Å². The molecule has 0 rings (SSSR count). The molecule has 6 heteroatoms. The number of hydrogen-bond acceptors (Lipinski definition) is 5. The van der Waals surface area contributed by atoms with Gasteiger partial charge in [0.25, 0.3) is 0 Å². The number of amides is 1. The number of aliphatic hydroxyl groups excluding tert-OH is 1. The van der Waals surface area contributed by atoms with Gasteiger partial charge in [-0.3, -0.25) is 9.59 Å². The average molecular weight is 205 g/mol. The van der Waals surface area contributed by atoms with Gasteiger partial charge in [-0.25, -0.2) is 0 Å². The molecule has 0 aliphatic heterocycles. The number of carbonyl (C=O) groups is 1. The molecular weight excluding hydrogens is 192 g/mol. The van der Waals surface area contributed by atoms with E-state index in [4.69, 9.17) is 10.8 Å². The molecule has 1 amide bonds. The maximum Gasteiger partial charge on any atom is 0.223 e. The SMILES string of the molecule is NC(CO)CC(=O)N[C@@H]([C]=O)CS. The predicted molar refractivity (Wildman–Crippen MR) is 51.2 cm³/mol. The number of hydrogen-bond donors (Lipinski definition) is 4. The summed E-state index contributed by atoms with van der Waals surface area (Å²) >= 11 is 3.83. The maximum atomic E-state index is 11.0. The number of carbonyl (C=O) groups excluding carboxylic acids is 2. The zero-order valence-corrected chi connectivity index (χ0v) is 7.96. The molecule has 4 N–H and O–H groups in total. The Morgan fingerprint density at radius 3 is 2.69 bits per heavy atom. The van der Waals surface area contributed by atoms with Crippen LogP contribution < -0.4 is 11.1 Å². The Morgan fingerprint density at radius 1 is 1.69 bits per heavy atom. The van der Waals surface area contributed by atoms with Crippen molar-refractivity contribution in [2.75, 3.05) is 12.4 Å². The zero-order chi connectivity index (χ0) is 10.3. The van der Waals surface area contributed by atoms with Crippen molar-refractivity contribution in [3.63, 3.8) is 0 Å². The standard InChI is InChI=1S/C7H13N2O3S/c8-5(2-10)1-7(12)9-6(3-11)4-13/h5-6,10,13H,1-2,4,8H2,(H,9,12)/t5?,6-/m0/s1. The number of rotatable bonds is 6. The fourth-order valence-corrected chi connectivity index (χ4v) is 0.834. The normalized spacial score (nSPS) is 14.7. The summed E-state index contributed by atoms with van der Waals surface area (Å²) in [5.41, 5.74) is 5.30. The number of thiol groups is 1. The number of nitrogens with two attached hydrogens (primary N) is 1. The van der Waals surface area contributed by atoms with Crippen molar-refractivity contribution in [1.29, 1.82) is 0 Å². The molecule has 0 aromatic carbocycles. The summed E-state index contributed by atoms with van der Waals surface area (Å²) in [5, 5.41) is 10.9. The van der Waals surface area contributed by atoms with Crippen molar-refractivity contribution >= 4 is 24.8 Å². The Kier molecular flexibility index (Phi) is 6.56. The van der Waals surface area contributed by atoms with E-state index >= 15 is 0 Å². The Hall–Kier alpha value is -0.590. The van der Waals surface area contributed by atoms with E-state index in [-0.39, 0.29) is 24.7 Å². The van der Waals surface area contributed by atoms with Gasteiger partial charge in [0.1, 0.15) is 6.04 Å². The van der Waals surface area contributed by atoms with Gasteiger partial charge in [-0.05, 0) is 0 Å². The molecule has 0 heterocycles. The number of aliphatic hydroxyl groups is 1. The Labute approximate surface area is 82.1 Å². The van der Waals surface area contributed by atoms with E-state index in [2.05, 4.69) is 17.9 Å². The van der Waals surface area contributed by atoms with Crippen LogP contribution in [0, 0.1) is 0 Å². The van der Waals surface area contributed by atoms with Crippen molar-refractivity contribution in [2.24, 2.45) is 5.73 Å². The molecule has 0 saturated carbocycles. The van der Waals surface area contributed by atoms with Crippen LogP contribution in [0.2, 0.25) is 0 Å². The van der Waals surface area contributed by atoms with E-state index in [9.17, 15) is 9.59 Å². The van der Waals surface area contributed by atoms with E-state index in [1.165, 1.54) is 0 Å². The van der Waals surface area contributed by atoms with Gasteiger partial charge in [-0.2, -0.15) is 12.6 Å². The highest BCUT2D eigenvalue weighted by Gasteiger charge is 2.12. The molecule has 13 heavy (non-hydrogen) atoms. The van der Waals surface area contributed by atoms with E-state index in [0.29, 0.717) is 0 Å². The topological polar surface area (TPSA) is 92.4 Å². The lowest BCUT2D eigenvalue weighted by atomic mass is 10.2. The smallest absolute Gasteiger partial charge is 0.223 e. The third-order valence-electron chi connectivity index (χ3n) is 1.34. The van der Waals surface area contributed by atoms with Gasteiger partial charge in [0.2, 0.25) is 12.2 Å². The van der Waals surface area contributed by atoms with E-state index < -0.39 is 12.1 Å². The van der Waals surface area contributed by atoms with Crippen molar-refractivity contribution < 1.29 is 14.7 Å². The van der Waals surface area contributed by atoms with Crippen molar-refractivity contribution in [3.8, 4) is 0 Å². The van der Waals surface area contributed by atoms with Crippen LogP contribution in [0.4, 0.5) is 0 Å². The first kappa shape index (κ1) is 12.4. The molecule has 0 fully saturated rings. The molecular formula is C7H13N2O3S. The lowest BCUT2D eigenvalue weighted by molar-refractivity contribution is -0.121. The van der Waals surface area contributed by atoms with Crippen LogP contribution >= 0.6 is 12.6 Å². The van der Waals surface area contributed by atoms with Crippen LogP contribution in [0.5, 0.6) is 0 Å². The molecule has 0 saturated heterocycles. The molecule has 0 aliphatic rings. The largest absolute Gasteiger partial charge is 0.395 e. The zero-order valence-electron chi connectivity index (χ0n) is 7.06. The van der Waals surface area contributed by atoms with Gasteiger partial charge in [-0.15, -0.1) is 0 Å². The van der Waals surface area contributed by atoms with Crippen LogP contribution in [0.15, 0.2) is 0 Å². The van der Waals surface area contributed by atoms with Gasteiger partial charge < -0.3 is 16.2 Å². The van der Waals surface area contributed by atoms with Crippen molar-refractivity contribution in [3.05, 3.63) is 0 Å². The maximum absolute atomic E-state index is 11.0. The van der Waals surface area contributed by atoms with Crippen molar-refractivity contribution in [1.82, 2.24) is 5.32 Å². The summed E-state index contributed by atoms with van der Waals surface area (Å²) in [5.74, 6) is -0.187. The van der Waals surface area contributed by atoms with Gasteiger partial charge in [-0.1, -0.05) is 0 Å². The minimum absolute atomic E-state index is 0.0115. The van der Waals surface area contributed by atoms with Crippen molar-refractivity contribution in [2.45, 2.75) is 18.5 Å². The molecule has 5 nitrogen and oxygen atoms in total. The average Bonchev–Trinajstić information content (AvgIpc) is 2.13. The second kappa shape index (κ2) is 6.88. The minimum atomic E-state index is -0.707. The molecule has 0 aliphatic carbocycles. The highest BCUT2D eigenvalue weighted by molar-refractivity contribution is 7.80. The predicted octanol–water partition coefficient (Wildman–Crippen LogP) is -1.78. The molecule has 1 radical (unpaired) electrons. The molecule has 1 unspecified atom stereocenters. The molecule has 2 atom stereocenters. The monoisotopic (exact) mass is 205 g/mol. The van der Waals surface area contributed by atoms with Gasteiger partial charge in [0.05, 0.1) is 6.61 Å². The Balaban J connectivity index is 3.78. The molecule has 0 aromatic rings. The third-order valence-corrected chi connectivity index (χ3v) is 1.71. The summed E-state index contributed by atoms with van der Waals surface area (Å²) in [7, 11) is 0. The summed E-state index contributed by atoms with van der Waals surface area (Å²) in [6.07, 6.45) is 1.60. The molecule has 0 aromatic heterocycles. The van der Waals surface area contributed by atoms with Crippen LogP contribution in [-0.2, 0) is 9.59 Å². The highest BCUT2D eigenvalue weighted by Crippen LogP contribution is 1.89. The van der Waals surface area contributed by atoms with E-state index in [0.717, 1.165) is 0 Å². The van der Waals surface area contributed by atoms with E-state index in [1.54, 1.807) is 6.29 Å². The Morgan fingerprint density at radius 2 is 2.31 bits per heavy atom. The molecule has 0 spiro atoms. The fraction of sp³-hybridized carbons (Fsp3) is 0.714. The molecule has 0 bridgehead atoms. The fourth-order valence-electron chi connectivity index (χ4n) is 0.668. The lowest BCUT2D eigenvalue weighted by Gasteiger charge is -2.11. The van der Waals surface area contributed by atoms with Crippen LogP contribution in [-0.4, -0.2) is 41.7 Å². The van der Waals surface area contributed by atoms with Crippen LogP contribution in [0.3, 0.4) is 0 Å². The van der Waals surface area contributed by atoms with Gasteiger partial charge in [0, 0.05) is 18.2 Å².